The van der Waals surface area contributed by atoms with E-state index >= 15 is 0 Å². The van der Waals surface area contributed by atoms with Gasteiger partial charge >= 0.3 is 0 Å². The van der Waals surface area contributed by atoms with Gasteiger partial charge < -0.3 is 10.1 Å². The quantitative estimate of drug-likeness (QED) is 0.204. The van der Waals surface area contributed by atoms with Gasteiger partial charge in [0.2, 0.25) is 5.91 Å². The van der Waals surface area contributed by atoms with Gasteiger partial charge in [0.1, 0.15) is 0 Å². The summed E-state index contributed by atoms with van der Waals surface area (Å²) in [5.74, 6) is 0.876. The first-order valence-electron chi connectivity index (χ1n) is 14.6. The van der Waals surface area contributed by atoms with E-state index in [9.17, 15) is 4.79 Å². The highest BCUT2D eigenvalue weighted by atomic mass is 32.2. The number of ether oxygens (including phenoxy) is 1. The molecule has 4 heteroatoms. The second-order valence-electron chi connectivity index (χ2n) is 15.6. The molecule has 0 aliphatic rings. The first-order chi connectivity index (χ1) is 15.9. The molecule has 0 aromatic carbocycles. The number of carbonyl (C=O) groups is 1. The third kappa shape index (κ3) is 13.0. The molecule has 0 aliphatic heterocycles. The van der Waals surface area contributed by atoms with Crippen LogP contribution in [0, 0.1) is 22.7 Å². The Hall–Kier alpha value is -0.220. The van der Waals surface area contributed by atoms with Crippen molar-refractivity contribution in [1.82, 2.24) is 5.32 Å². The number of amides is 1. The van der Waals surface area contributed by atoms with Gasteiger partial charge in [-0.15, -0.1) is 11.8 Å². The zero-order valence-electron chi connectivity index (χ0n) is 27.3. The Bertz CT molecular complexity index is 674. The van der Waals surface area contributed by atoms with E-state index in [2.05, 4.69) is 116 Å². The van der Waals surface area contributed by atoms with Crippen molar-refractivity contribution in [2.45, 2.75) is 170 Å². The summed E-state index contributed by atoms with van der Waals surface area (Å²) in [6.07, 6.45) is 6.01. The highest BCUT2D eigenvalue weighted by Gasteiger charge is 2.41. The van der Waals surface area contributed by atoms with Crippen LogP contribution in [0.4, 0.5) is 0 Å². The fraction of sp³-hybridized carbons (Fsp3) is 0.969. The maximum Gasteiger partial charge on any atom is 0.223 e. The van der Waals surface area contributed by atoms with Crippen LogP contribution in [0.15, 0.2) is 0 Å². The predicted molar refractivity (Wildman–Crippen MR) is 163 cm³/mol. The van der Waals surface area contributed by atoms with Crippen molar-refractivity contribution in [2.24, 2.45) is 22.7 Å². The third-order valence-electron chi connectivity index (χ3n) is 8.21. The van der Waals surface area contributed by atoms with Crippen molar-refractivity contribution in [3.63, 3.8) is 0 Å². The highest BCUT2D eigenvalue weighted by molar-refractivity contribution is 8.01. The van der Waals surface area contributed by atoms with E-state index in [1.54, 1.807) is 0 Å². The summed E-state index contributed by atoms with van der Waals surface area (Å²) in [7, 11) is 0. The lowest BCUT2D eigenvalue weighted by Gasteiger charge is -2.46. The third-order valence-corrected chi connectivity index (χ3v) is 9.65. The van der Waals surface area contributed by atoms with E-state index in [1.165, 1.54) is 6.42 Å². The average Bonchev–Trinajstić information content (AvgIpc) is 2.62. The first-order valence-corrected chi connectivity index (χ1v) is 15.4. The molecule has 0 aromatic heterocycles. The Kier molecular flexibility index (Phi) is 13.1. The smallest absolute Gasteiger partial charge is 0.223 e. The van der Waals surface area contributed by atoms with Gasteiger partial charge in [-0.3, -0.25) is 4.79 Å². The number of hydrogen-bond acceptors (Lipinski definition) is 3. The van der Waals surface area contributed by atoms with E-state index in [-0.39, 0.29) is 37.9 Å². The van der Waals surface area contributed by atoms with E-state index in [4.69, 9.17) is 4.74 Å². The Balaban J connectivity index is 5.07. The van der Waals surface area contributed by atoms with Crippen LogP contribution in [-0.2, 0) is 9.53 Å². The lowest BCUT2D eigenvalue weighted by Crippen LogP contribution is -2.49. The fourth-order valence-electron chi connectivity index (χ4n) is 5.62. The predicted octanol–water partition coefficient (Wildman–Crippen LogP) is 9.67. The fourth-order valence-corrected chi connectivity index (χ4v) is 7.82. The van der Waals surface area contributed by atoms with Crippen LogP contribution in [0.1, 0.15) is 149 Å². The molecule has 3 nitrogen and oxygen atoms in total. The number of thioether (sulfide) groups is 1. The molecule has 0 saturated heterocycles. The summed E-state index contributed by atoms with van der Waals surface area (Å²) in [6.45, 7) is 37.0. The van der Waals surface area contributed by atoms with Crippen molar-refractivity contribution in [2.75, 3.05) is 6.61 Å². The largest absolute Gasteiger partial charge is 0.375 e. The first kappa shape index (κ1) is 35.8. The molecule has 36 heavy (non-hydrogen) atoms. The average molecular weight is 528 g/mol. The second-order valence-corrected chi connectivity index (χ2v) is 18.0. The molecule has 1 N–H and O–H groups in total. The lowest BCUT2D eigenvalue weighted by molar-refractivity contribution is -0.129. The summed E-state index contributed by atoms with van der Waals surface area (Å²) in [5, 5.41) is 3.37. The van der Waals surface area contributed by atoms with Crippen LogP contribution < -0.4 is 5.32 Å². The van der Waals surface area contributed by atoms with Crippen LogP contribution in [0.3, 0.4) is 0 Å². The van der Waals surface area contributed by atoms with Crippen molar-refractivity contribution in [3.05, 3.63) is 0 Å². The van der Waals surface area contributed by atoms with Crippen molar-refractivity contribution in [3.8, 4) is 0 Å². The minimum absolute atomic E-state index is 0.0224. The molecule has 0 aromatic rings. The molecule has 0 radical (unpaired) electrons. The molecular weight excluding hydrogens is 462 g/mol. The molecule has 0 fully saturated rings. The second kappa shape index (κ2) is 13.2. The molecule has 0 aliphatic carbocycles. The summed E-state index contributed by atoms with van der Waals surface area (Å²) in [5.41, 5.74) is -0.195. The summed E-state index contributed by atoms with van der Waals surface area (Å²) >= 11 is 2.04. The zero-order valence-corrected chi connectivity index (χ0v) is 28.1. The van der Waals surface area contributed by atoms with Crippen molar-refractivity contribution < 1.29 is 9.53 Å². The van der Waals surface area contributed by atoms with Gasteiger partial charge in [-0.25, -0.2) is 0 Å². The normalized spacial score (nSPS) is 15.4. The van der Waals surface area contributed by atoms with Gasteiger partial charge in [-0.2, -0.15) is 0 Å². The minimum atomic E-state index is -0.304. The van der Waals surface area contributed by atoms with Crippen LogP contribution in [0.5, 0.6) is 0 Å². The Morgan fingerprint density at radius 3 is 1.78 bits per heavy atom. The van der Waals surface area contributed by atoms with Gasteiger partial charge in [0.25, 0.3) is 0 Å². The molecule has 0 rings (SSSR count). The minimum Gasteiger partial charge on any atom is -0.375 e. The summed E-state index contributed by atoms with van der Waals surface area (Å²) < 4.78 is 6.75. The lowest BCUT2D eigenvalue weighted by atomic mass is 9.66. The van der Waals surface area contributed by atoms with Crippen LogP contribution in [-0.4, -0.2) is 33.1 Å². The Labute approximate surface area is 231 Å². The Morgan fingerprint density at radius 1 is 0.833 bits per heavy atom. The molecule has 1 unspecified atom stereocenters. The monoisotopic (exact) mass is 527 g/mol. The maximum atomic E-state index is 13.4. The maximum absolute atomic E-state index is 13.4. The SMILES string of the molecule is CCC(CC(C)(C)SC(C)(C)CC(C)C)C(=O)NC(C)(C)CCOC(C)(C)C(C)(C)CC(C)(C)CC. The van der Waals surface area contributed by atoms with E-state index < -0.39 is 0 Å². The van der Waals surface area contributed by atoms with E-state index in [0.717, 1.165) is 32.1 Å². The molecule has 0 saturated carbocycles. The molecule has 216 valence electrons. The van der Waals surface area contributed by atoms with Crippen molar-refractivity contribution >= 4 is 17.7 Å². The standard InChI is InChI=1S/C32H65NO2S/c1-17-25(22-31(13,14)36-30(11,12)21-24(3)4)26(34)33-29(9,10)19-20-35-32(15,16)28(7,8)23-27(5,6)18-2/h24-25H,17-23H2,1-16H3,(H,33,34). The van der Waals surface area contributed by atoms with Crippen LogP contribution in [0.25, 0.3) is 0 Å². The molecule has 1 amide bonds. The molecule has 0 spiro atoms. The van der Waals surface area contributed by atoms with Gasteiger partial charge in [0.05, 0.1) is 5.60 Å². The van der Waals surface area contributed by atoms with Crippen LogP contribution in [0.2, 0.25) is 0 Å². The summed E-state index contributed by atoms with van der Waals surface area (Å²) in [6, 6.07) is 0. The van der Waals surface area contributed by atoms with Gasteiger partial charge in [0, 0.05) is 27.6 Å². The van der Waals surface area contributed by atoms with Gasteiger partial charge in [-0.05, 0) is 76.5 Å². The van der Waals surface area contributed by atoms with Gasteiger partial charge in [0.15, 0.2) is 0 Å². The molecule has 1 atom stereocenters. The number of carbonyl (C=O) groups excluding carboxylic acids is 1. The highest BCUT2D eigenvalue weighted by Crippen LogP contribution is 2.45. The van der Waals surface area contributed by atoms with Crippen LogP contribution >= 0.6 is 11.8 Å². The number of hydrogen-bond donors (Lipinski definition) is 1. The molecule has 0 heterocycles. The summed E-state index contributed by atoms with van der Waals surface area (Å²) in [4.78, 5) is 13.4. The number of nitrogens with one attached hydrogen (secondary N) is 1. The van der Waals surface area contributed by atoms with Gasteiger partial charge in [-0.1, -0.05) is 89.5 Å². The zero-order chi connectivity index (χ0) is 28.8. The topological polar surface area (TPSA) is 38.3 Å². The molecule has 0 bridgehead atoms. The van der Waals surface area contributed by atoms with E-state index in [1.807, 2.05) is 11.8 Å². The number of rotatable bonds is 17. The molecular formula is C32H65NO2S. The Morgan fingerprint density at radius 2 is 1.33 bits per heavy atom. The van der Waals surface area contributed by atoms with E-state index in [0.29, 0.717) is 17.9 Å². The van der Waals surface area contributed by atoms with Crippen molar-refractivity contribution in [1.29, 1.82) is 0 Å².